The fourth-order valence-electron chi connectivity index (χ4n) is 1.77. The van der Waals surface area contributed by atoms with Crippen LogP contribution in [0.4, 0.5) is 5.69 Å². The maximum atomic E-state index is 12.3. The Kier molecular flexibility index (Phi) is 4.42. The van der Waals surface area contributed by atoms with Gasteiger partial charge < -0.3 is 5.32 Å². The van der Waals surface area contributed by atoms with E-state index in [1.54, 1.807) is 24.4 Å². The van der Waals surface area contributed by atoms with Gasteiger partial charge in [0.25, 0.3) is 10.0 Å². The highest BCUT2D eigenvalue weighted by Gasteiger charge is 2.19. The van der Waals surface area contributed by atoms with Gasteiger partial charge in [-0.05, 0) is 44.7 Å². The first kappa shape index (κ1) is 15.0. The molecule has 20 heavy (non-hydrogen) atoms. The Hall–Kier alpha value is -1.44. The van der Waals surface area contributed by atoms with Crippen LogP contribution in [-0.2, 0) is 16.6 Å². The lowest BCUT2D eigenvalue weighted by Crippen LogP contribution is -2.11. The Balaban J connectivity index is 2.28. The minimum absolute atomic E-state index is 0.328. The van der Waals surface area contributed by atoms with Crippen LogP contribution in [0.5, 0.6) is 0 Å². The fourth-order valence-corrected chi connectivity index (χ4v) is 4.42. The lowest BCUT2D eigenvalue weighted by atomic mass is 10.3. The van der Waals surface area contributed by atoms with Crippen LogP contribution in [0.15, 0.2) is 28.6 Å². The van der Waals surface area contributed by atoms with Gasteiger partial charge in [-0.25, -0.2) is 8.42 Å². The van der Waals surface area contributed by atoms with Crippen molar-refractivity contribution in [1.29, 1.82) is 0 Å². The van der Waals surface area contributed by atoms with Gasteiger partial charge in [-0.1, -0.05) is 0 Å². The first-order valence-electron chi connectivity index (χ1n) is 6.12. The maximum Gasteiger partial charge on any atom is 0.271 e. The molecule has 5 nitrogen and oxygen atoms in total. The third kappa shape index (κ3) is 3.36. The van der Waals surface area contributed by atoms with E-state index in [1.165, 1.54) is 11.3 Å². The zero-order chi connectivity index (χ0) is 14.8. The van der Waals surface area contributed by atoms with Gasteiger partial charge in [-0.2, -0.15) is 0 Å². The minimum atomic E-state index is -3.54. The second-order valence-electron chi connectivity index (χ2n) is 4.49. The summed E-state index contributed by atoms with van der Waals surface area (Å²) in [5, 5.41) is 3.03. The molecule has 7 heteroatoms. The summed E-state index contributed by atoms with van der Waals surface area (Å²) in [5.74, 6) is 0. The third-order valence-electron chi connectivity index (χ3n) is 2.75. The largest absolute Gasteiger partial charge is 0.315 e. The van der Waals surface area contributed by atoms with Gasteiger partial charge in [0.15, 0.2) is 0 Å². The van der Waals surface area contributed by atoms with E-state index in [0.717, 1.165) is 16.1 Å². The van der Waals surface area contributed by atoms with Crippen LogP contribution in [0.1, 0.15) is 16.1 Å². The summed E-state index contributed by atoms with van der Waals surface area (Å²) >= 11 is 1.29. The van der Waals surface area contributed by atoms with Crippen LogP contribution < -0.4 is 10.0 Å². The van der Waals surface area contributed by atoms with Crippen molar-refractivity contribution in [2.75, 3.05) is 11.8 Å². The summed E-state index contributed by atoms with van der Waals surface area (Å²) in [6.07, 6.45) is 1.58. The number of hydrogen-bond donors (Lipinski definition) is 2. The second kappa shape index (κ2) is 5.90. The summed E-state index contributed by atoms with van der Waals surface area (Å²) in [4.78, 5) is 5.07. The van der Waals surface area contributed by atoms with Crippen LogP contribution >= 0.6 is 11.3 Å². The number of hydrogen-bond acceptors (Lipinski definition) is 5. The molecule has 0 saturated heterocycles. The van der Waals surface area contributed by atoms with Crippen LogP contribution in [-0.4, -0.2) is 20.4 Å². The summed E-state index contributed by atoms with van der Waals surface area (Å²) in [6, 6.07) is 5.04. The van der Waals surface area contributed by atoms with Crippen molar-refractivity contribution < 1.29 is 8.42 Å². The lowest BCUT2D eigenvalue weighted by Gasteiger charge is -2.06. The number of nitrogens with zero attached hydrogens (tertiary/aromatic N) is 1. The highest BCUT2D eigenvalue weighted by atomic mass is 32.2. The van der Waals surface area contributed by atoms with Gasteiger partial charge in [-0.15, -0.1) is 11.3 Å². The van der Waals surface area contributed by atoms with Gasteiger partial charge in [0.2, 0.25) is 0 Å². The van der Waals surface area contributed by atoms with Crippen molar-refractivity contribution in [1.82, 2.24) is 10.3 Å². The van der Waals surface area contributed by atoms with Crippen molar-refractivity contribution >= 4 is 27.0 Å². The molecule has 0 amide bonds. The molecule has 2 aromatic rings. The number of aryl methyl sites for hydroxylation is 2. The van der Waals surface area contributed by atoms with Crippen LogP contribution in [0.3, 0.4) is 0 Å². The third-order valence-corrected chi connectivity index (χ3v) is 5.84. The van der Waals surface area contributed by atoms with Crippen molar-refractivity contribution in [3.8, 4) is 0 Å². The Bertz CT molecular complexity index is 708. The summed E-state index contributed by atoms with van der Waals surface area (Å²) in [5.41, 5.74) is 2.28. The zero-order valence-corrected chi connectivity index (χ0v) is 13.2. The van der Waals surface area contributed by atoms with Gasteiger partial charge in [0.1, 0.15) is 4.21 Å². The molecule has 0 radical (unpaired) electrons. The van der Waals surface area contributed by atoms with Crippen LogP contribution in [0, 0.1) is 13.8 Å². The molecule has 0 bridgehead atoms. The van der Waals surface area contributed by atoms with Gasteiger partial charge in [0, 0.05) is 23.3 Å². The molecule has 0 fully saturated rings. The molecule has 2 heterocycles. The van der Waals surface area contributed by atoms with E-state index in [-0.39, 0.29) is 0 Å². The van der Waals surface area contributed by atoms with E-state index in [9.17, 15) is 8.42 Å². The van der Waals surface area contributed by atoms with Crippen LogP contribution in [0.25, 0.3) is 0 Å². The molecule has 2 N–H and O–H groups in total. The molecule has 0 unspecified atom stereocenters. The van der Waals surface area contributed by atoms with E-state index in [1.807, 2.05) is 20.9 Å². The smallest absolute Gasteiger partial charge is 0.271 e. The quantitative estimate of drug-likeness (QED) is 0.888. The average molecular weight is 311 g/mol. The molecule has 2 aromatic heterocycles. The molecular formula is C13H17N3O2S2. The number of nitrogens with one attached hydrogen (secondary N) is 2. The molecule has 0 aromatic carbocycles. The molecule has 0 spiro atoms. The Morgan fingerprint density at radius 3 is 2.70 bits per heavy atom. The molecule has 0 aliphatic rings. The number of thiophene rings is 1. The molecule has 0 aliphatic heterocycles. The van der Waals surface area contributed by atoms with Gasteiger partial charge in [0.05, 0.1) is 5.69 Å². The Labute approximate surface area is 123 Å². The molecule has 0 aliphatic carbocycles. The molecule has 0 saturated carbocycles. The van der Waals surface area contributed by atoms with Crippen LogP contribution in [0.2, 0.25) is 0 Å². The van der Waals surface area contributed by atoms with Gasteiger partial charge in [-0.3, -0.25) is 9.71 Å². The van der Waals surface area contributed by atoms with Crippen molar-refractivity contribution in [3.05, 3.63) is 40.5 Å². The Morgan fingerprint density at radius 2 is 2.05 bits per heavy atom. The monoisotopic (exact) mass is 311 g/mol. The maximum absolute atomic E-state index is 12.3. The predicted octanol–water partition coefficient (Wildman–Crippen LogP) is 2.28. The predicted molar refractivity (Wildman–Crippen MR) is 81.6 cm³/mol. The summed E-state index contributed by atoms with van der Waals surface area (Å²) in [7, 11) is -1.70. The van der Waals surface area contributed by atoms with E-state index in [2.05, 4.69) is 15.0 Å². The van der Waals surface area contributed by atoms with Crippen molar-refractivity contribution in [3.63, 3.8) is 0 Å². The minimum Gasteiger partial charge on any atom is -0.315 e. The van der Waals surface area contributed by atoms with Crippen molar-refractivity contribution in [2.24, 2.45) is 0 Å². The lowest BCUT2D eigenvalue weighted by molar-refractivity contribution is 0.603. The topological polar surface area (TPSA) is 71.1 Å². The summed E-state index contributed by atoms with van der Waals surface area (Å²) in [6.45, 7) is 4.40. The standard InChI is InChI=1S/C13H17N3O2S2/c1-9-6-13(19-12(9)8-14-3)20(17,18)16-11-4-5-15-10(2)7-11/h4-7,14H,8H2,1-3H3,(H,15,16). The number of rotatable bonds is 5. The SMILES string of the molecule is CNCc1sc(S(=O)(=O)Nc2ccnc(C)c2)cc1C. The van der Waals surface area contributed by atoms with E-state index in [0.29, 0.717) is 16.4 Å². The molecule has 0 atom stereocenters. The molecule has 2 rings (SSSR count). The number of anilines is 1. The van der Waals surface area contributed by atoms with Crippen molar-refractivity contribution in [2.45, 2.75) is 24.6 Å². The first-order valence-corrected chi connectivity index (χ1v) is 8.42. The second-order valence-corrected chi connectivity index (χ2v) is 7.54. The average Bonchev–Trinajstić information content (AvgIpc) is 2.72. The highest BCUT2D eigenvalue weighted by molar-refractivity contribution is 7.94. The number of sulfonamides is 1. The number of pyridine rings is 1. The first-order chi connectivity index (χ1) is 9.42. The molecular weight excluding hydrogens is 294 g/mol. The Morgan fingerprint density at radius 1 is 1.30 bits per heavy atom. The van der Waals surface area contributed by atoms with Gasteiger partial charge >= 0.3 is 0 Å². The fraction of sp³-hybridized carbons (Fsp3) is 0.308. The van der Waals surface area contributed by atoms with E-state index in [4.69, 9.17) is 0 Å². The van der Waals surface area contributed by atoms with E-state index >= 15 is 0 Å². The highest BCUT2D eigenvalue weighted by Crippen LogP contribution is 2.27. The number of aromatic nitrogens is 1. The summed E-state index contributed by atoms with van der Waals surface area (Å²) < 4.78 is 27.6. The van der Waals surface area contributed by atoms with E-state index < -0.39 is 10.0 Å². The molecule has 108 valence electrons. The normalized spacial score (nSPS) is 11.6. The zero-order valence-electron chi connectivity index (χ0n) is 11.6.